The monoisotopic (exact) mass is 349 g/mol. The van der Waals surface area contributed by atoms with Gasteiger partial charge in [0.25, 0.3) is 0 Å². The van der Waals surface area contributed by atoms with Gasteiger partial charge in [-0.3, -0.25) is 0 Å². The van der Waals surface area contributed by atoms with Crippen molar-refractivity contribution in [3.05, 3.63) is 95.5 Å². The second-order valence-corrected chi connectivity index (χ2v) is 7.20. The topological polar surface area (TPSA) is 4.93 Å². The van der Waals surface area contributed by atoms with E-state index in [1.165, 1.54) is 26.4 Å². The molecule has 1 aromatic heterocycles. The highest BCUT2D eigenvalue weighted by Crippen LogP contribution is 2.34. The first-order valence-corrected chi connectivity index (χ1v) is 9.05. The first kappa shape index (κ1) is 15.4. The van der Waals surface area contributed by atoms with E-state index in [1.807, 2.05) is 18.2 Å². The molecule has 0 aliphatic carbocycles. The van der Waals surface area contributed by atoms with E-state index in [2.05, 4.69) is 71.3 Å². The summed E-state index contributed by atoms with van der Waals surface area (Å²) in [5.41, 5.74) is 2.50. The van der Waals surface area contributed by atoms with Gasteiger partial charge in [0.05, 0.1) is 5.03 Å². The average Bonchev–Trinajstić information content (AvgIpc) is 2.93. The highest BCUT2D eigenvalue weighted by atomic mass is 35.5. The quantitative estimate of drug-likeness (QED) is 0.407. The fourth-order valence-corrected chi connectivity index (χ4v) is 4.01. The zero-order chi connectivity index (χ0) is 16.4. The lowest BCUT2D eigenvalue weighted by atomic mass is 10.2. The Balaban J connectivity index is 1.80. The van der Waals surface area contributed by atoms with Gasteiger partial charge in [0, 0.05) is 27.4 Å². The summed E-state index contributed by atoms with van der Waals surface area (Å²) in [5.74, 6) is 0. The molecule has 0 atom stereocenters. The van der Waals surface area contributed by atoms with E-state index in [4.69, 9.17) is 11.6 Å². The Labute approximate surface area is 150 Å². The molecule has 0 aliphatic rings. The van der Waals surface area contributed by atoms with Crippen LogP contribution in [0.4, 0.5) is 0 Å². The maximum atomic E-state index is 6.18. The third kappa shape index (κ3) is 3.21. The van der Waals surface area contributed by atoms with Crippen molar-refractivity contribution >= 4 is 34.3 Å². The molecule has 0 radical (unpaired) electrons. The van der Waals surface area contributed by atoms with E-state index in [0.717, 1.165) is 11.6 Å². The molecule has 0 unspecified atom stereocenters. The molecule has 0 amide bonds. The molecule has 3 aromatic carbocycles. The van der Waals surface area contributed by atoms with E-state index in [-0.39, 0.29) is 0 Å². The predicted molar refractivity (Wildman–Crippen MR) is 103 cm³/mol. The zero-order valence-electron chi connectivity index (χ0n) is 13.0. The van der Waals surface area contributed by atoms with E-state index in [1.54, 1.807) is 11.8 Å². The molecular weight excluding hydrogens is 334 g/mol. The molecule has 0 fully saturated rings. The maximum Gasteiger partial charge on any atom is 0.0810 e. The number of nitrogens with zero attached hydrogens (tertiary/aromatic N) is 1. The van der Waals surface area contributed by atoms with Crippen LogP contribution in [0.5, 0.6) is 0 Å². The minimum atomic E-state index is 0.774. The summed E-state index contributed by atoms with van der Waals surface area (Å²) < 4.78 is 2.36. The molecule has 0 bridgehead atoms. The molecule has 1 nitrogen and oxygen atoms in total. The minimum absolute atomic E-state index is 0.774. The number of hydrogen-bond donors (Lipinski definition) is 0. The van der Waals surface area contributed by atoms with Gasteiger partial charge in [-0.1, -0.05) is 71.9 Å². The third-order valence-corrected chi connectivity index (χ3v) is 5.26. The van der Waals surface area contributed by atoms with Crippen LogP contribution in [0.3, 0.4) is 0 Å². The van der Waals surface area contributed by atoms with Gasteiger partial charge in [-0.25, -0.2) is 0 Å². The van der Waals surface area contributed by atoms with Gasteiger partial charge in [-0.05, 0) is 42.0 Å². The standard InChI is InChI=1S/C21H16ClNS/c22-18-11-12-20-17(13-18)14-21(24-19-9-5-2-6-10-19)23(20)15-16-7-3-1-4-8-16/h1-14H,15H2. The van der Waals surface area contributed by atoms with Crippen LogP contribution in [0, 0.1) is 0 Å². The van der Waals surface area contributed by atoms with Gasteiger partial charge in [0.15, 0.2) is 0 Å². The van der Waals surface area contributed by atoms with Crippen molar-refractivity contribution in [3.63, 3.8) is 0 Å². The summed E-state index contributed by atoms with van der Waals surface area (Å²) in [6, 6.07) is 29.4. The predicted octanol–water partition coefficient (Wildman–Crippen LogP) is 6.49. The van der Waals surface area contributed by atoms with Gasteiger partial charge >= 0.3 is 0 Å². The largest absolute Gasteiger partial charge is 0.331 e. The summed E-state index contributed by atoms with van der Waals surface area (Å²) >= 11 is 7.97. The summed E-state index contributed by atoms with van der Waals surface area (Å²) in [6.07, 6.45) is 0. The Morgan fingerprint density at radius 3 is 2.25 bits per heavy atom. The fourth-order valence-electron chi connectivity index (χ4n) is 2.84. The van der Waals surface area contributed by atoms with Crippen molar-refractivity contribution in [1.82, 2.24) is 4.57 Å². The first-order valence-electron chi connectivity index (χ1n) is 7.85. The Kier molecular flexibility index (Phi) is 4.33. The lowest BCUT2D eigenvalue weighted by Crippen LogP contribution is -2.00. The van der Waals surface area contributed by atoms with Crippen molar-refractivity contribution in [1.29, 1.82) is 0 Å². The summed E-state index contributed by atoms with van der Waals surface area (Å²) in [7, 11) is 0. The number of hydrogen-bond acceptors (Lipinski definition) is 1. The molecule has 0 spiro atoms. The lowest BCUT2D eigenvalue weighted by molar-refractivity contribution is 0.761. The van der Waals surface area contributed by atoms with Crippen LogP contribution in [0.1, 0.15) is 5.56 Å². The van der Waals surface area contributed by atoms with Gasteiger partial charge in [0.1, 0.15) is 0 Å². The summed E-state index contributed by atoms with van der Waals surface area (Å²) in [4.78, 5) is 1.24. The molecule has 4 rings (SSSR count). The molecule has 24 heavy (non-hydrogen) atoms. The minimum Gasteiger partial charge on any atom is -0.331 e. The van der Waals surface area contributed by atoms with Crippen molar-refractivity contribution < 1.29 is 0 Å². The van der Waals surface area contributed by atoms with E-state index in [9.17, 15) is 0 Å². The Hall–Kier alpha value is -2.16. The Morgan fingerprint density at radius 1 is 0.792 bits per heavy atom. The van der Waals surface area contributed by atoms with Gasteiger partial charge in [0.2, 0.25) is 0 Å². The normalized spacial score (nSPS) is 11.0. The molecule has 3 heteroatoms. The molecule has 0 saturated carbocycles. The van der Waals surface area contributed by atoms with Gasteiger partial charge in [-0.15, -0.1) is 0 Å². The highest BCUT2D eigenvalue weighted by Gasteiger charge is 2.11. The van der Waals surface area contributed by atoms with Gasteiger partial charge in [-0.2, -0.15) is 0 Å². The highest BCUT2D eigenvalue weighted by molar-refractivity contribution is 7.99. The van der Waals surface area contributed by atoms with Crippen LogP contribution in [0.15, 0.2) is 94.9 Å². The molecule has 4 aromatic rings. The van der Waals surface area contributed by atoms with Crippen molar-refractivity contribution in [2.24, 2.45) is 0 Å². The summed E-state index contributed by atoms with van der Waals surface area (Å²) in [6.45, 7) is 0.848. The molecular formula is C21H16ClNS. The van der Waals surface area contributed by atoms with Crippen molar-refractivity contribution in [3.8, 4) is 0 Å². The zero-order valence-corrected chi connectivity index (χ0v) is 14.6. The van der Waals surface area contributed by atoms with E-state index < -0.39 is 0 Å². The van der Waals surface area contributed by atoms with Crippen LogP contribution >= 0.6 is 23.4 Å². The van der Waals surface area contributed by atoms with E-state index in [0.29, 0.717) is 0 Å². The van der Waals surface area contributed by atoms with Crippen LogP contribution in [0.25, 0.3) is 10.9 Å². The second kappa shape index (κ2) is 6.76. The molecule has 0 saturated heterocycles. The molecule has 118 valence electrons. The van der Waals surface area contributed by atoms with Crippen molar-refractivity contribution in [2.75, 3.05) is 0 Å². The molecule has 1 heterocycles. The van der Waals surface area contributed by atoms with Crippen LogP contribution in [0.2, 0.25) is 5.02 Å². The lowest BCUT2D eigenvalue weighted by Gasteiger charge is -2.11. The SMILES string of the molecule is Clc1ccc2c(c1)cc(Sc1ccccc1)n2Cc1ccccc1. The molecule has 0 aliphatic heterocycles. The third-order valence-electron chi connectivity index (χ3n) is 3.97. The average molecular weight is 350 g/mol. The number of fused-ring (bicyclic) bond motifs is 1. The van der Waals surface area contributed by atoms with Gasteiger partial charge < -0.3 is 4.57 Å². The Morgan fingerprint density at radius 2 is 1.50 bits per heavy atom. The second-order valence-electron chi connectivity index (χ2n) is 5.67. The van der Waals surface area contributed by atoms with Crippen LogP contribution in [-0.2, 0) is 6.54 Å². The number of aromatic nitrogens is 1. The van der Waals surface area contributed by atoms with E-state index >= 15 is 0 Å². The first-order chi connectivity index (χ1) is 11.8. The van der Waals surface area contributed by atoms with Crippen LogP contribution < -0.4 is 0 Å². The number of halogens is 1. The maximum absolute atomic E-state index is 6.18. The number of rotatable bonds is 4. The summed E-state index contributed by atoms with van der Waals surface area (Å²) in [5, 5.41) is 3.18. The molecule has 0 N–H and O–H groups in total. The fraction of sp³-hybridized carbons (Fsp3) is 0.0476. The Bertz CT molecular complexity index is 961. The van der Waals surface area contributed by atoms with Crippen LogP contribution in [-0.4, -0.2) is 4.57 Å². The smallest absolute Gasteiger partial charge is 0.0810 e. The number of benzene rings is 3. The van der Waals surface area contributed by atoms with Crippen molar-refractivity contribution in [2.45, 2.75) is 16.5 Å².